The number of amidine groups is 2. The van der Waals surface area contributed by atoms with Crippen LogP contribution in [0.4, 0.5) is 4.39 Å². The maximum absolute atomic E-state index is 14.2. The molecule has 0 saturated heterocycles. The summed E-state index contributed by atoms with van der Waals surface area (Å²) >= 11 is 2.93. The molecule has 4 heterocycles. The largest absolute Gasteiger partial charge is 0.314 e. The first-order chi connectivity index (χ1) is 14.6. The number of thioether (sulfide) groups is 1. The number of thiophene rings is 1. The number of halogens is 1. The van der Waals surface area contributed by atoms with Crippen LogP contribution in [-0.4, -0.2) is 31.5 Å². The highest BCUT2D eigenvalue weighted by atomic mass is 32.2. The minimum Gasteiger partial charge on any atom is -0.314 e. The Balaban J connectivity index is 1.48. The number of nitrogens with one attached hydrogen (secondary N) is 1. The molecule has 2 aromatic heterocycles. The molecule has 0 atom stereocenters. The predicted molar refractivity (Wildman–Crippen MR) is 119 cm³/mol. The van der Waals surface area contributed by atoms with Crippen molar-refractivity contribution in [2.45, 2.75) is 6.42 Å². The monoisotopic (exact) mass is 435 g/mol. The average molecular weight is 436 g/mol. The topological polar surface area (TPSA) is 73.8 Å². The summed E-state index contributed by atoms with van der Waals surface area (Å²) in [5.41, 5.74) is 1.04. The van der Waals surface area contributed by atoms with Crippen molar-refractivity contribution >= 4 is 51.1 Å². The van der Waals surface area contributed by atoms with Crippen molar-refractivity contribution in [1.29, 1.82) is 5.41 Å². The van der Waals surface area contributed by atoms with Crippen molar-refractivity contribution in [3.8, 4) is 5.69 Å². The van der Waals surface area contributed by atoms with Gasteiger partial charge in [0.2, 0.25) is 5.17 Å². The average Bonchev–Trinajstić information content (AvgIpc) is 3.47. The molecular weight excluding hydrogens is 421 g/mol. The Morgan fingerprint density at radius 3 is 2.80 bits per heavy atom. The molecule has 5 rings (SSSR count). The van der Waals surface area contributed by atoms with Crippen LogP contribution in [0.1, 0.15) is 10.6 Å². The number of hydrogen-bond donors (Lipinski definition) is 1. The second-order valence-corrected chi connectivity index (χ2v) is 8.60. The fourth-order valence-corrected chi connectivity index (χ4v) is 4.90. The van der Waals surface area contributed by atoms with E-state index in [1.54, 1.807) is 58.5 Å². The first kappa shape index (κ1) is 18.7. The molecule has 0 bridgehead atoms. The summed E-state index contributed by atoms with van der Waals surface area (Å²) in [6.45, 7) is 0. The number of hydrogen-bond acceptors (Lipinski definition) is 5. The van der Waals surface area contributed by atoms with Gasteiger partial charge in [0.15, 0.2) is 5.84 Å². The molecule has 2 aliphatic rings. The second-order valence-electron chi connectivity index (χ2n) is 6.52. The lowest BCUT2D eigenvalue weighted by Crippen LogP contribution is -2.35. The summed E-state index contributed by atoms with van der Waals surface area (Å²) in [4.78, 5) is 17.9. The predicted octanol–water partition coefficient (Wildman–Crippen LogP) is 4.54. The third-order valence-corrected chi connectivity index (χ3v) is 6.37. The number of carbonyl (C=O) groups excluding carboxylic acids is 1. The summed E-state index contributed by atoms with van der Waals surface area (Å²) in [7, 11) is 0. The summed E-state index contributed by atoms with van der Waals surface area (Å²) < 4.78 is 15.9. The molecule has 0 radical (unpaired) electrons. The van der Waals surface area contributed by atoms with E-state index in [2.05, 4.69) is 10.1 Å². The Morgan fingerprint density at radius 1 is 1.13 bits per heavy atom. The number of aliphatic imine (C=N–C) groups is 1. The molecule has 0 fully saturated rings. The van der Waals surface area contributed by atoms with E-state index in [-0.39, 0.29) is 17.2 Å². The maximum atomic E-state index is 14.2. The molecule has 148 valence electrons. The van der Waals surface area contributed by atoms with Gasteiger partial charge in [-0.25, -0.2) is 4.39 Å². The van der Waals surface area contributed by atoms with Crippen LogP contribution < -0.4 is 0 Å². The molecular formula is C21H14FN5OS2. The van der Waals surface area contributed by atoms with Crippen LogP contribution >= 0.6 is 23.1 Å². The molecule has 9 heteroatoms. The van der Waals surface area contributed by atoms with Crippen molar-refractivity contribution < 1.29 is 9.18 Å². The van der Waals surface area contributed by atoms with Crippen LogP contribution in [0.25, 0.3) is 11.8 Å². The molecule has 0 spiro atoms. The van der Waals surface area contributed by atoms with Gasteiger partial charge in [0.25, 0.3) is 5.91 Å². The van der Waals surface area contributed by atoms with Crippen LogP contribution in [0.5, 0.6) is 0 Å². The van der Waals surface area contributed by atoms with Gasteiger partial charge in [0, 0.05) is 23.2 Å². The van der Waals surface area contributed by atoms with Gasteiger partial charge < -0.3 is 4.57 Å². The number of amides is 1. The lowest BCUT2D eigenvalue weighted by molar-refractivity contribution is -0.114. The Hall–Kier alpha value is -3.30. The zero-order valence-corrected chi connectivity index (χ0v) is 17.1. The molecule has 0 unspecified atom stereocenters. The van der Waals surface area contributed by atoms with E-state index >= 15 is 0 Å². The van der Waals surface area contributed by atoms with Crippen molar-refractivity contribution in [2.24, 2.45) is 10.1 Å². The number of aromatic nitrogens is 1. The third-order valence-electron chi connectivity index (χ3n) is 4.59. The zero-order valence-electron chi connectivity index (χ0n) is 15.4. The number of carbonyl (C=O) groups is 1. The highest BCUT2D eigenvalue weighted by Gasteiger charge is 2.35. The van der Waals surface area contributed by atoms with Gasteiger partial charge in [-0.2, -0.15) is 15.1 Å². The van der Waals surface area contributed by atoms with Crippen molar-refractivity contribution in [3.63, 3.8) is 0 Å². The number of fused-ring (bicyclic) bond motifs is 1. The molecule has 3 aromatic rings. The Labute approximate surface area is 179 Å². The van der Waals surface area contributed by atoms with Gasteiger partial charge in [-0.3, -0.25) is 10.2 Å². The first-order valence-corrected chi connectivity index (χ1v) is 10.7. The van der Waals surface area contributed by atoms with E-state index in [9.17, 15) is 9.18 Å². The number of hydrazone groups is 1. The lowest BCUT2D eigenvalue weighted by Gasteiger charge is -2.20. The van der Waals surface area contributed by atoms with Crippen LogP contribution in [0.3, 0.4) is 0 Å². The summed E-state index contributed by atoms with van der Waals surface area (Å²) in [5, 5.41) is 17.6. The minimum atomic E-state index is -0.507. The van der Waals surface area contributed by atoms with Gasteiger partial charge >= 0.3 is 0 Å². The highest BCUT2D eigenvalue weighted by molar-refractivity contribution is 8.27. The van der Waals surface area contributed by atoms with E-state index in [4.69, 9.17) is 5.41 Å². The smallest absolute Gasteiger partial charge is 0.283 e. The van der Waals surface area contributed by atoms with Gasteiger partial charge in [0.1, 0.15) is 10.9 Å². The lowest BCUT2D eigenvalue weighted by atomic mass is 10.1. The fourth-order valence-electron chi connectivity index (χ4n) is 3.19. The van der Waals surface area contributed by atoms with Crippen LogP contribution in [0, 0.1) is 11.2 Å². The quantitative estimate of drug-likeness (QED) is 0.612. The van der Waals surface area contributed by atoms with E-state index < -0.39 is 5.91 Å². The third kappa shape index (κ3) is 3.31. The molecule has 6 nitrogen and oxygen atoms in total. The Kier molecular flexibility index (Phi) is 4.68. The standard InChI is InChI=1S/C21H14FN5OS2/c22-16-7-1-2-8-17(16)26-9-3-5-13(26)11-15-19(23)27-21(24-20(15)28)30-18(25-27)12-14-6-4-10-29-14/h1-11,23H,12H2/b15-11+,23-19?. The van der Waals surface area contributed by atoms with Gasteiger partial charge in [-0.15, -0.1) is 11.3 Å². The van der Waals surface area contributed by atoms with Crippen molar-refractivity contribution in [3.05, 3.63) is 82.1 Å². The number of nitrogens with zero attached hydrogens (tertiary/aromatic N) is 4. The SMILES string of the molecule is N=C1/C(=C\c2cccn2-c2ccccc2F)C(=O)N=C2SC(Cc3cccs3)=NN12. The van der Waals surface area contributed by atoms with Gasteiger partial charge in [0.05, 0.1) is 11.3 Å². The fraction of sp³-hybridized carbons (Fsp3) is 0.0476. The van der Waals surface area contributed by atoms with Crippen molar-refractivity contribution in [1.82, 2.24) is 9.58 Å². The second kappa shape index (κ2) is 7.51. The van der Waals surface area contributed by atoms with Crippen molar-refractivity contribution in [2.75, 3.05) is 0 Å². The number of rotatable bonds is 4. The zero-order chi connectivity index (χ0) is 20.7. The number of para-hydroxylation sites is 1. The molecule has 1 aromatic carbocycles. The minimum absolute atomic E-state index is 0.0417. The normalized spacial score (nSPS) is 17.4. The molecule has 1 amide bonds. The Bertz CT molecular complexity index is 1260. The molecule has 2 aliphatic heterocycles. The van der Waals surface area contributed by atoms with Crippen LogP contribution in [-0.2, 0) is 11.2 Å². The first-order valence-electron chi connectivity index (χ1n) is 9.04. The van der Waals surface area contributed by atoms with Crippen LogP contribution in [0.15, 0.2) is 75.8 Å². The molecule has 30 heavy (non-hydrogen) atoms. The summed E-state index contributed by atoms with van der Waals surface area (Å²) in [5.74, 6) is -0.926. The van der Waals surface area contributed by atoms with E-state index in [1.165, 1.54) is 22.8 Å². The summed E-state index contributed by atoms with van der Waals surface area (Å²) in [6.07, 6.45) is 3.89. The number of benzene rings is 1. The van der Waals surface area contributed by atoms with E-state index in [0.29, 0.717) is 23.0 Å². The van der Waals surface area contributed by atoms with Crippen LogP contribution in [0.2, 0.25) is 0 Å². The highest BCUT2D eigenvalue weighted by Crippen LogP contribution is 2.30. The van der Waals surface area contributed by atoms with Gasteiger partial charge in [-0.1, -0.05) is 18.2 Å². The Morgan fingerprint density at radius 2 is 2.00 bits per heavy atom. The molecule has 1 N–H and O–H groups in total. The molecule has 0 saturated carbocycles. The van der Waals surface area contributed by atoms with E-state index in [0.717, 1.165) is 9.92 Å². The van der Waals surface area contributed by atoms with E-state index in [1.807, 2.05) is 17.5 Å². The maximum Gasteiger partial charge on any atom is 0.283 e. The summed E-state index contributed by atoms with van der Waals surface area (Å²) in [6, 6.07) is 13.9. The van der Waals surface area contributed by atoms with Gasteiger partial charge in [-0.05, 0) is 53.5 Å². The molecule has 0 aliphatic carbocycles.